The molecule has 0 aliphatic carbocycles. The van der Waals surface area contributed by atoms with Crippen LogP contribution >= 0.6 is 11.3 Å². The Morgan fingerprint density at radius 1 is 1.40 bits per heavy atom. The molecule has 0 saturated carbocycles. The van der Waals surface area contributed by atoms with Crippen molar-refractivity contribution in [3.05, 3.63) is 35.8 Å². The first-order valence-corrected chi connectivity index (χ1v) is 9.47. The number of hydrogen-bond donors (Lipinski definition) is 1. The van der Waals surface area contributed by atoms with Crippen LogP contribution in [0.25, 0.3) is 0 Å². The van der Waals surface area contributed by atoms with Gasteiger partial charge in [0.25, 0.3) is 5.19 Å². The molecule has 2 heterocycles. The van der Waals surface area contributed by atoms with Crippen LogP contribution in [0.3, 0.4) is 0 Å². The molecule has 2 aromatic rings. The number of unbranched alkanes of at least 4 members (excludes halogenated alkanes) is 1. The third-order valence-electron chi connectivity index (χ3n) is 3.98. The van der Waals surface area contributed by atoms with Crippen molar-refractivity contribution < 1.29 is 14.3 Å². The van der Waals surface area contributed by atoms with Gasteiger partial charge in [0.2, 0.25) is 0 Å². The van der Waals surface area contributed by atoms with Crippen LogP contribution in [0.15, 0.2) is 35.8 Å². The SMILES string of the molecule is CCCCOc1ccc(NC(=O)N2CCC(Oc3nccs3)C2)cc1. The molecule has 0 radical (unpaired) electrons. The van der Waals surface area contributed by atoms with Crippen molar-refractivity contribution >= 4 is 23.1 Å². The lowest BCUT2D eigenvalue weighted by Crippen LogP contribution is -2.34. The Morgan fingerprint density at radius 2 is 2.24 bits per heavy atom. The fourth-order valence-electron chi connectivity index (χ4n) is 2.59. The average molecular weight is 361 g/mol. The number of aromatic nitrogens is 1. The van der Waals surface area contributed by atoms with Crippen molar-refractivity contribution in [1.82, 2.24) is 9.88 Å². The molecular formula is C18H23N3O3S. The van der Waals surface area contributed by atoms with Crippen LogP contribution in [0.4, 0.5) is 10.5 Å². The van der Waals surface area contributed by atoms with Gasteiger partial charge in [0.1, 0.15) is 11.9 Å². The van der Waals surface area contributed by atoms with E-state index in [4.69, 9.17) is 9.47 Å². The lowest BCUT2D eigenvalue weighted by molar-refractivity contribution is 0.194. The summed E-state index contributed by atoms with van der Waals surface area (Å²) in [5, 5.41) is 5.46. The van der Waals surface area contributed by atoms with Gasteiger partial charge < -0.3 is 19.7 Å². The number of ether oxygens (including phenoxy) is 2. The van der Waals surface area contributed by atoms with Crippen LogP contribution in [-0.4, -0.2) is 41.7 Å². The van der Waals surface area contributed by atoms with Crippen LogP contribution in [0.5, 0.6) is 10.9 Å². The van der Waals surface area contributed by atoms with E-state index in [9.17, 15) is 4.79 Å². The summed E-state index contributed by atoms with van der Waals surface area (Å²) in [6, 6.07) is 7.37. The molecule has 1 unspecified atom stereocenters. The first kappa shape index (κ1) is 17.5. The van der Waals surface area contributed by atoms with E-state index in [0.29, 0.717) is 18.3 Å². The van der Waals surface area contributed by atoms with Gasteiger partial charge in [0, 0.05) is 30.2 Å². The highest BCUT2D eigenvalue weighted by Crippen LogP contribution is 2.21. The van der Waals surface area contributed by atoms with Crippen molar-refractivity contribution in [3.63, 3.8) is 0 Å². The van der Waals surface area contributed by atoms with Crippen molar-refractivity contribution in [2.24, 2.45) is 0 Å². The van der Waals surface area contributed by atoms with Gasteiger partial charge in [-0.1, -0.05) is 24.7 Å². The molecule has 1 atom stereocenters. The van der Waals surface area contributed by atoms with Gasteiger partial charge in [-0.05, 0) is 30.7 Å². The number of thiazole rings is 1. The predicted molar refractivity (Wildman–Crippen MR) is 98.6 cm³/mol. The molecule has 134 valence electrons. The molecule has 1 aromatic heterocycles. The Kier molecular flexibility index (Phi) is 6.11. The molecule has 0 bridgehead atoms. The van der Waals surface area contributed by atoms with E-state index in [2.05, 4.69) is 17.2 Å². The normalized spacial score (nSPS) is 16.7. The van der Waals surface area contributed by atoms with E-state index < -0.39 is 0 Å². The Labute approximate surface area is 151 Å². The monoisotopic (exact) mass is 361 g/mol. The standard InChI is InChI=1S/C18H23N3O3S/c1-2-3-11-23-15-6-4-14(5-7-15)20-17(22)21-10-8-16(13-21)24-18-19-9-12-25-18/h4-7,9,12,16H,2-3,8,10-11,13H2,1H3,(H,20,22). The smallest absolute Gasteiger partial charge is 0.321 e. The van der Waals surface area contributed by atoms with E-state index in [-0.39, 0.29) is 12.1 Å². The number of carbonyl (C=O) groups is 1. The van der Waals surface area contributed by atoms with Crippen LogP contribution in [0.2, 0.25) is 0 Å². The second-order valence-electron chi connectivity index (χ2n) is 5.93. The summed E-state index contributed by atoms with van der Waals surface area (Å²) in [4.78, 5) is 18.3. The third kappa shape index (κ3) is 5.09. The summed E-state index contributed by atoms with van der Waals surface area (Å²) in [6.07, 6.45) is 4.69. The molecule has 1 fully saturated rings. The number of benzene rings is 1. The van der Waals surface area contributed by atoms with Gasteiger partial charge in [0.05, 0.1) is 13.2 Å². The number of rotatable bonds is 7. The fourth-order valence-corrected chi connectivity index (χ4v) is 3.14. The van der Waals surface area contributed by atoms with Gasteiger partial charge in [0.15, 0.2) is 0 Å². The van der Waals surface area contributed by atoms with Crippen molar-refractivity contribution in [2.45, 2.75) is 32.3 Å². The molecule has 3 rings (SSSR count). The number of hydrogen-bond acceptors (Lipinski definition) is 5. The molecule has 1 aliphatic rings. The summed E-state index contributed by atoms with van der Waals surface area (Å²) in [6.45, 7) is 4.10. The minimum atomic E-state index is -0.107. The van der Waals surface area contributed by atoms with Crippen LogP contribution in [-0.2, 0) is 0 Å². The van der Waals surface area contributed by atoms with Gasteiger partial charge in [-0.2, -0.15) is 0 Å². The first-order chi connectivity index (χ1) is 12.2. The minimum absolute atomic E-state index is 0.00578. The van der Waals surface area contributed by atoms with Crippen molar-refractivity contribution in [1.29, 1.82) is 0 Å². The molecule has 0 spiro atoms. The lowest BCUT2D eigenvalue weighted by atomic mass is 10.3. The largest absolute Gasteiger partial charge is 0.494 e. The quantitative estimate of drug-likeness (QED) is 0.757. The third-order valence-corrected chi connectivity index (χ3v) is 4.64. The Hall–Kier alpha value is -2.28. The number of carbonyl (C=O) groups excluding carboxylic acids is 1. The summed E-state index contributed by atoms with van der Waals surface area (Å²) < 4.78 is 11.4. The highest BCUT2D eigenvalue weighted by Gasteiger charge is 2.28. The molecule has 1 aromatic carbocycles. The van der Waals surface area contributed by atoms with E-state index in [1.807, 2.05) is 29.6 Å². The van der Waals surface area contributed by atoms with Crippen LogP contribution in [0.1, 0.15) is 26.2 Å². The van der Waals surface area contributed by atoms with Crippen molar-refractivity contribution in [3.8, 4) is 10.9 Å². The van der Waals surface area contributed by atoms with Gasteiger partial charge >= 0.3 is 6.03 Å². The molecule has 2 amide bonds. The number of nitrogens with zero attached hydrogens (tertiary/aromatic N) is 2. The van der Waals surface area contributed by atoms with Crippen LogP contribution in [0, 0.1) is 0 Å². The maximum absolute atomic E-state index is 12.4. The summed E-state index contributed by atoms with van der Waals surface area (Å²) in [7, 11) is 0. The highest BCUT2D eigenvalue weighted by molar-refractivity contribution is 7.11. The Morgan fingerprint density at radius 3 is 2.96 bits per heavy atom. The van der Waals surface area contributed by atoms with Gasteiger partial charge in [-0.25, -0.2) is 9.78 Å². The summed E-state index contributed by atoms with van der Waals surface area (Å²) >= 11 is 1.47. The Bertz CT molecular complexity index is 661. The van der Waals surface area contributed by atoms with E-state index in [0.717, 1.165) is 37.3 Å². The molecule has 6 nitrogen and oxygen atoms in total. The number of likely N-dealkylation sites (tertiary alicyclic amines) is 1. The maximum atomic E-state index is 12.4. The Balaban J connectivity index is 1.45. The number of amides is 2. The molecule has 25 heavy (non-hydrogen) atoms. The van der Waals surface area contributed by atoms with Gasteiger partial charge in [-0.15, -0.1) is 0 Å². The minimum Gasteiger partial charge on any atom is -0.494 e. The second-order valence-corrected chi connectivity index (χ2v) is 6.79. The number of urea groups is 1. The highest BCUT2D eigenvalue weighted by atomic mass is 32.1. The zero-order valence-corrected chi connectivity index (χ0v) is 15.1. The second kappa shape index (κ2) is 8.71. The topological polar surface area (TPSA) is 63.7 Å². The zero-order valence-electron chi connectivity index (χ0n) is 14.3. The molecule has 1 N–H and O–H groups in total. The fraction of sp³-hybridized carbons (Fsp3) is 0.444. The molecule has 7 heteroatoms. The molecule has 1 aliphatic heterocycles. The number of anilines is 1. The van der Waals surface area contributed by atoms with E-state index in [1.165, 1.54) is 11.3 Å². The van der Waals surface area contributed by atoms with Crippen LogP contribution < -0.4 is 14.8 Å². The molecule has 1 saturated heterocycles. The molecular weight excluding hydrogens is 338 g/mol. The lowest BCUT2D eigenvalue weighted by Gasteiger charge is -2.17. The average Bonchev–Trinajstić information content (AvgIpc) is 3.29. The first-order valence-electron chi connectivity index (χ1n) is 8.59. The summed E-state index contributed by atoms with van der Waals surface area (Å²) in [5.41, 5.74) is 0.761. The zero-order chi connectivity index (χ0) is 17.5. The van der Waals surface area contributed by atoms with Crippen molar-refractivity contribution in [2.75, 3.05) is 25.0 Å². The summed E-state index contributed by atoms with van der Waals surface area (Å²) in [5.74, 6) is 0.824. The van der Waals surface area contributed by atoms with E-state index >= 15 is 0 Å². The predicted octanol–water partition coefficient (Wildman–Crippen LogP) is 4.01. The van der Waals surface area contributed by atoms with E-state index in [1.54, 1.807) is 11.1 Å². The maximum Gasteiger partial charge on any atom is 0.321 e. The van der Waals surface area contributed by atoms with Gasteiger partial charge in [-0.3, -0.25) is 0 Å². The number of nitrogens with one attached hydrogen (secondary N) is 1.